The summed E-state index contributed by atoms with van der Waals surface area (Å²) < 4.78 is 0. The summed E-state index contributed by atoms with van der Waals surface area (Å²) in [5.74, 6) is 1.11. The van der Waals surface area contributed by atoms with Gasteiger partial charge in [-0.05, 0) is 11.7 Å². The van der Waals surface area contributed by atoms with E-state index in [2.05, 4.69) is 32.6 Å². The third kappa shape index (κ3) is 2.49. The van der Waals surface area contributed by atoms with Crippen molar-refractivity contribution in [1.29, 1.82) is 0 Å². The molecule has 1 unspecified atom stereocenters. The normalized spacial score (nSPS) is 18.7. The number of aliphatic hydroxyl groups is 1. The van der Waals surface area contributed by atoms with Crippen molar-refractivity contribution in [1.82, 2.24) is 19.9 Å². The zero-order chi connectivity index (χ0) is 15.0. The summed E-state index contributed by atoms with van der Waals surface area (Å²) in [6.45, 7) is 0.263. The first-order chi connectivity index (χ1) is 10.1. The standard InChI is InChI=1S/C12H14N6O2S/c13-12-16-10-9(15-7(4-19)2-14-10)11(17-12)18-3-6(5-21)1-8(18)20/h2,6,19,21H,1,3-5H2,(H2,13,14,16,17). The van der Waals surface area contributed by atoms with Crippen LogP contribution in [-0.2, 0) is 11.4 Å². The number of hydrogen-bond donors (Lipinski definition) is 3. The van der Waals surface area contributed by atoms with Crippen LogP contribution in [0.5, 0.6) is 0 Å². The van der Waals surface area contributed by atoms with Crippen molar-refractivity contribution in [2.75, 3.05) is 22.9 Å². The molecule has 1 aliphatic rings. The molecule has 21 heavy (non-hydrogen) atoms. The second-order valence-corrected chi connectivity index (χ2v) is 5.22. The van der Waals surface area contributed by atoms with Crippen molar-refractivity contribution in [2.24, 2.45) is 5.92 Å². The Labute approximate surface area is 125 Å². The second kappa shape index (κ2) is 5.41. The predicted octanol–water partition coefficient (Wildman–Crippen LogP) is -0.223. The number of fused-ring (bicyclic) bond motifs is 1. The van der Waals surface area contributed by atoms with Crippen LogP contribution < -0.4 is 10.6 Å². The van der Waals surface area contributed by atoms with Gasteiger partial charge in [0, 0.05) is 13.0 Å². The van der Waals surface area contributed by atoms with Crippen LogP contribution in [-0.4, -0.2) is 43.2 Å². The van der Waals surface area contributed by atoms with Crippen LogP contribution in [0.2, 0.25) is 0 Å². The van der Waals surface area contributed by atoms with E-state index >= 15 is 0 Å². The van der Waals surface area contributed by atoms with Gasteiger partial charge in [0.2, 0.25) is 11.9 Å². The molecule has 0 aliphatic carbocycles. The summed E-state index contributed by atoms with van der Waals surface area (Å²) in [5.41, 5.74) is 6.73. The van der Waals surface area contributed by atoms with Crippen molar-refractivity contribution in [3.63, 3.8) is 0 Å². The van der Waals surface area contributed by atoms with Gasteiger partial charge in [0.25, 0.3) is 0 Å². The molecule has 8 nitrogen and oxygen atoms in total. The summed E-state index contributed by atoms with van der Waals surface area (Å²) in [5, 5.41) is 9.18. The molecule has 3 rings (SSSR count). The van der Waals surface area contributed by atoms with Crippen molar-refractivity contribution in [2.45, 2.75) is 13.0 Å². The summed E-state index contributed by atoms with van der Waals surface area (Å²) in [7, 11) is 0. The van der Waals surface area contributed by atoms with Gasteiger partial charge in [-0.15, -0.1) is 0 Å². The lowest BCUT2D eigenvalue weighted by molar-refractivity contribution is -0.117. The molecule has 3 heterocycles. The van der Waals surface area contributed by atoms with Crippen LogP contribution >= 0.6 is 12.6 Å². The minimum Gasteiger partial charge on any atom is -0.390 e. The van der Waals surface area contributed by atoms with Gasteiger partial charge in [0.1, 0.15) is 0 Å². The first-order valence-electron chi connectivity index (χ1n) is 6.43. The Morgan fingerprint density at radius 1 is 1.43 bits per heavy atom. The average molecular weight is 306 g/mol. The predicted molar refractivity (Wildman–Crippen MR) is 79.8 cm³/mol. The lowest BCUT2D eigenvalue weighted by atomic mass is 10.1. The number of aliphatic hydroxyl groups excluding tert-OH is 1. The Bertz CT molecular complexity index is 709. The quantitative estimate of drug-likeness (QED) is 0.671. The molecule has 0 saturated carbocycles. The van der Waals surface area contributed by atoms with Crippen LogP contribution in [0.1, 0.15) is 12.1 Å². The highest BCUT2D eigenvalue weighted by molar-refractivity contribution is 7.80. The highest BCUT2D eigenvalue weighted by atomic mass is 32.1. The molecule has 110 valence electrons. The largest absolute Gasteiger partial charge is 0.390 e. The molecule has 1 aliphatic heterocycles. The molecule has 1 amide bonds. The van der Waals surface area contributed by atoms with Gasteiger partial charge in [-0.1, -0.05) is 0 Å². The molecule has 0 spiro atoms. The van der Waals surface area contributed by atoms with Crippen LogP contribution in [0.3, 0.4) is 0 Å². The third-order valence-corrected chi connectivity index (χ3v) is 3.85. The van der Waals surface area contributed by atoms with Crippen molar-refractivity contribution in [3.05, 3.63) is 11.9 Å². The number of hydrogen-bond acceptors (Lipinski definition) is 8. The highest BCUT2D eigenvalue weighted by Crippen LogP contribution is 2.28. The van der Waals surface area contributed by atoms with Crippen LogP contribution in [0.15, 0.2) is 6.20 Å². The number of anilines is 2. The molecule has 2 aromatic rings. The van der Waals surface area contributed by atoms with Crippen LogP contribution in [0.4, 0.5) is 11.8 Å². The number of nitrogens with zero attached hydrogens (tertiary/aromatic N) is 5. The van der Waals surface area contributed by atoms with Crippen molar-refractivity contribution < 1.29 is 9.90 Å². The summed E-state index contributed by atoms with van der Waals surface area (Å²) in [6.07, 6.45) is 1.84. The molecule has 9 heteroatoms. The van der Waals surface area contributed by atoms with Crippen molar-refractivity contribution >= 4 is 41.5 Å². The maximum absolute atomic E-state index is 12.1. The monoisotopic (exact) mass is 306 g/mol. The van der Waals surface area contributed by atoms with E-state index in [1.807, 2.05) is 0 Å². The smallest absolute Gasteiger partial charge is 0.228 e. The number of aromatic nitrogens is 4. The fourth-order valence-corrected chi connectivity index (χ4v) is 2.56. The maximum atomic E-state index is 12.1. The molecular weight excluding hydrogens is 292 g/mol. The summed E-state index contributed by atoms with van der Waals surface area (Å²) in [6, 6.07) is 0. The number of nitrogen functional groups attached to an aromatic ring is 1. The molecule has 1 fully saturated rings. The van der Waals surface area contributed by atoms with Gasteiger partial charge in [-0.25, -0.2) is 9.97 Å². The highest BCUT2D eigenvalue weighted by Gasteiger charge is 2.32. The number of amides is 1. The lowest BCUT2D eigenvalue weighted by Crippen LogP contribution is -2.27. The number of rotatable bonds is 3. The van der Waals surface area contributed by atoms with E-state index in [9.17, 15) is 9.90 Å². The molecule has 1 atom stereocenters. The fourth-order valence-electron chi connectivity index (χ4n) is 2.32. The van der Waals surface area contributed by atoms with Gasteiger partial charge < -0.3 is 10.8 Å². The molecule has 0 bridgehead atoms. The Hall–Kier alpha value is -2.00. The van der Waals surface area contributed by atoms with Crippen LogP contribution in [0, 0.1) is 5.92 Å². The fraction of sp³-hybridized carbons (Fsp3) is 0.417. The SMILES string of the molecule is Nc1nc(N2CC(CS)CC2=O)c2nc(CO)cnc2n1. The Kier molecular flexibility index (Phi) is 3.60. The van der Waals surface area contributed by atoms with E-state index in [0.717, 1.165) is 0 Å². The molecular formula is C12H14N6O2S. The molecule has 1 saturated heterocycles. The van der Waals surface area contributed by atoms with Crippen LogP contribution in [0.25, 0.3) is 11.2 Å². The van der Waals surface area contributed by atoms with Gasteiger partial charge in [-0.2, -0.15) is 22.6 Å². The van der Waals surface area contributed by atoms with E-state index in [1.165, 1.54) is 11.1 Å². The van der Waals surface area contributed by atoms with Gasteiger partial charge in [-0.3, -0.25) is 9.69 Å². The van der Waals surface area contributed by atoms with E-state index in [0.29, 0.717) is 41.4 Å². The summed E-state index contributed by atoms with van der Waals surface area (Å²) >= 11 is 4.24. The number of nitrogens with two attached hydrogens (primary N) is 1. The topological polar surface area (TPSA) is 118 Å². The molecule has 0 aromatic carbocycles. The minimum atomic E-state index is -0.250. The van der Waals surface area contributed by atoms with E-state index < -0.39 is 0 Å². The number of carbonyl (C=O) groups excluding carboxylic acids is 1. The van der Waals surface area contributed by atoms with Gasteiger partial charge in [0.15, 0.2) is 17.0 Å². The lowest BCUT2D eigenvalue weighted by Gasteiger charge is -2.17. The Balaban J connectivity index is 2.14. The number of thiol groups is 1. The Morgan fingerprint density at radius 3 is 2.90 bits per heavy atom. The zero-order valence-corrected chi connectivity index (χ0v) is 12.0. The van der Waals surface area contributed by atoms with Gasteiger partial charge in [0.05, 0.1) is 18.5 Å². The maximum Gasteiger partial charge on any atom is 0.228 e. The number of carbonyl (C=O) groups is 1. The summed E-state index contributed by atoms with van der Waals surface area (Å²) in [4.78, 5) is 30.2. The second-order valence-electron chi connectivity index (χ2n) is 4.85. The van der Waals surface area contributed by atoms with E-state index in [-0.39, 0.29) is 24.4 Å². The van der Waals surface area contributed by atoms with E-state index in [4.69, 9.17) is 5.73 Å². The minimum absolute atomic E-state index is 0.0330. The first-order valence-corrected chi connectivity index (χ1v) is 7.07. The zero-order valence-electron chi connectivity index (χ0n) is 11.1. The third-order valence-electron chi connectivity index (χ3n) is 3.34. The molecule has 0 radical (unpaired) electrons. The molecule has 3 N–H and O–H groups in total. The molecule has 2 aromatic heterocycles. The van der Waals surface area contributed by atoms with Gasteiger partial charge >= 0.3 is 0 Å². The van der Waals surface area contributed by atoms with E-state index in [1.54, 1.807) is 0 Å². The first kappa shape index (κ1) is 14.0. The van der Waals surface area contributed by atoms with Crippen molar-refractivity contribution in [3.8, 4) is 0 Å². The average Bonchev–Trinajstić information content (AvgIpc) is 2.87. The Morgan fingerprint density at radius 2 is 2.24 bits per heavy atom.